The quantitative estimate of drug-likeness (QED) is 0.724. The number of hydrogen-bond donors (Lipinski definition) is 0. The molecule has 1 unspecified atom stereocenters. The average Bonchev–Trinajstić information content (AvgIpc) is 3.09. The molecule has 2 nitrogen and oxygen atoms in total. The van der Waals surface area contributed by atoms with Gasteiger partial charge >= 0.3 is 0 Å². The first-order chi connectivity index (χ1) is 11.3. The third-order valence-electron chi connectivity index (χ3n) is 7.37. The largest absolute Gasteiger partial charge is 0.298 e. The highest BCUT2D eigenvalue weighted by Gasteiger charge is 2.29. The van der Waals surface area contributed by atoms with Crippen LogP contribution in [0.3, 0.4) is 0 Å². The van der Waals surface area contributed by atoms with Gasteiger partial charge in [-0.3, -0.25) is 9.80 Å². The van der Waals surface area contributed by atoms with E-state index >= 15 is 0 Å². The first-order valence-corrected chi connectivity index (χ1v) is 10.8. The third kappa shape index (κ3) is 4.72. The van der Waals surface area contributed by atoms with Crippen molar-refractivity contribution in [2.75, 3.05) is 26.2 Å². The molecule has 1 aliphatic heterocycles. The van der Waals surface area contributed by atoms with Crippen LogP contribution in [0.15, 0.2) is 0 Å². The summed E-state index contributed by atoms with van der Waals surface area (Å²) >= 11 is 0. The normalized spacial score (nSPS) is 34.2. The fourth-order valence-electron chi connectivity index (χ4n) is 5.59. The molecule has 0 bridgehead atoms. The van der Waals surface area contributed by atoms with Crippen molar-refractivity contribution in [3.05, 3.63) is 0 Å². The summed E-state index contributed by atoms with van der Waals surface area (Å²) in [5.74, 6) is 2.19. The zero-order chi connectivity index (χ0) is 16.1. The van der Waals surface area contributed by atoms with Crippen LogP contribution in [0.5, 0.6) is 0 Å². The molecule has 0 N–H and O–H groups in total. The number of nitrogens with zero attached hydrogens (tertiary/aromatic N) is 2. The Kier molecular flexibility index (Phi) is 6.83. The molecule has 2 aliphatic carbocycles. The molecule has 1 heterocycles. The predicted octanol–water partition coefficient (Wildman–Crippen LogP) is 4.93. The molecule has 1 saturated heterocycles. The van der Waals surface area contributed by atoms with Gasteiger partial charge in [-0.2, -0.15) is 0 Å². The van der Waals surface area contributed by atoms with E-state index in [-0.39, 0.29) is 0 Å². The van der Waals surface area contributed by atoms with Crippen molar-refractivity contribution in [3.63, 3.8) is 0 Å². The Labute approximate surface area is 145 Å². The summed E-state index contributed by atoms with van der Waals surface area (Å²) in [6.07, 6.45) is 16.5. The Morgan fingerprint density at radius 3 is 1.78 bits per heavy atom. The van der Waals surface area contributed by atoms with E-state index in [1.54, 1.807) is 12.8 Å². The van der Waals surface area contributed by atoms with Gasteiger partial charge in [-0.25, -0.2) is 0 Å². The Balaban J connectivity index is 1.42. The molecule has 0 amide bonds. The van der Waals surface area contributed by atoms with Gasteiger partial charge in [-0.1, -0.05) is 58.3 Å². The van der Waals surface area contributed by atoms with Crippen molar-refractivity contribution in [3.8, 4) is 0 Å². The molecule has 134 valence electrons. The zero-order valence-electron chi connectivity index (χ0n) is 15.8. The Bertz CT molecular complexity index is 319. The van der Waals surface area contributed by atoms with Crippen molar-refractivity contribution in [2.45, 2.75) is 96.6 Å². The Morgan fingerprint density at radius 2 is 1.26 bits per heavy atom. The Hall–Kier alpha value is -0.0800. The summed E-state index contributed by atoms with van der Waals surface area (Å²) in [5, 5.41) is 0. The first kappa shape index (κ1) is 17.7. The van der Waals surface area contributed by atoms with Crippen molar-refractivity contribution in [1.29, 1.82) is 0 Å². The molecule has 3 fully saturated rings. The van der Waals surface area contributed by atoms with Gasteiger partial charge < -0.3 is 0 Å². The van der Waals surface area contributed by atoms with E-state index in [2.05, 4.69) is 23.6 Å². The van der Waals surface area contributed by atoms with Crippen molar-refractivity contribution < 1.29 is 0 Å². The van der Waals surface area contributed by atoms with Crippen LogP contribution in [0.1, 0.15) is 84.5 Å². The van der Waals surface area contributed by atoms with Crippen molar-refractivity contribution in [1.82, 2.24) is 9.80 Å². The van der Waals surface area contributed by atoms with Crippen LogP contribution in [0.25, 0.3) is 0 Å². The van der Waals surface area contributed by atoms with E-state index < -0.39 is 0 Å². The van der Waals surface area contributed by atoms with Gasteiger partial charge in [0.2, 0.25) is 0 Å². The number of rotatable bonds is 4. The number of hydrogen-bond acceptors (Lipinski definition) is 2. The van der Waals surface area contributed by atoms with Crippen molar-refractivity contribution in [2.24, 2.45) is 11.8 Å². The molecule has 3 aliphatic rings. The topological polar surface area (TPSA) is 6.48 Å². The maximum Gasteiger partial charge on any atom is 0.0113 e. The van der Waals surface area contributed by atoms with Gasteiger partial charge in [-0.05, 0) is 38.0 Å². The minimum atomic E-state index is 0.779. The smallest absolute Gasteiger partial charge is 0.0113 e. The maximum absolute atomic E-state index is 2.84. The lowest BCUT2D eigenvalue weighted by atomic mass is 9.80. The van der Waals surface area contributed by atoms with E-state index in [0.29, 0.717) is 0 Å². The summed E-state index contributed by atoms with van der Waals surface area (Å²) in [4.78, 5) is 5.55. The molecule has 2 saturated carbocycles. The molecule has 2 heteroatoms. The zero-order valence-corrected chi connectivity index (χ0v) is 15.8. The van der Waals surface area contributed by atoms with Crippen LogP contribution >= 0.6 is 0 Å². The summed E-state index contributed by atoms with van der Waals surface area (Å²) < 4.78 is 0. The molecule has 0 aromatic carbocycles. The van der Waals surface area contributed by atoms with Crippen LogP contribution in [-0.2, 0) is 0 Å². The monoisotopic (exact) mass is 320 g/mol. The molecule has 0 radical (unpaired) electrons. The highest BCUT2D eigenvalue weighted by Crippen LogP contribution is 2.38. The lowest BCUT2D eigenvalue weighted by Crippen LogP contribution is -2.52. The molecule has 1 atom stereocenters. The second-order valence-corrected chi connectivity index (χ2v) is 8.65. The second-order valence-electron chi connectivity index (χ2n) is 8.65. The highest BCUT2D eigenvalue weighted by molar-refractivity contribution is 4.84. The molecule has 0 aromatic rings. The van der Waals surface area contributed by atoms with Gasteiger partial charge in [-0.15, -0.1) is 0 Å². The average molecular weight is 321 g/mol. The van der Waals surface area contributed by atoms with Gasteiger partial charge in [0.15, 0.2) is 0 Å². The first-order valence-electron chi connectivity index (χ1n) is 10.8. The van der Waals surface area contributed by atoms with Crippen LogP contribution in [0.2, 0.25) is 0 Å². The fraction of sp³-hybridized carbons (Fsp3) is 1.00. The van der Waals surface area contributed by atoms with E-state index in [1.807, 2.05) is 0 Å². The standard InChI is InChI=1S/C21H40N2/c1-3-18(2)22-14-16-23(17-15-22)21-12-6-10-20(11-7-13-21)19-8-4-5-9-19/h18-21H,3-17H2,1-2H3. The lowest BCUT2D eigenvalue weighted by molar-refractivity contribution is 0.0601. The summed E-state index contributed by atoms with van der Waals surface area (Å²) in [6, 6.07) is 1.68. The summed E-state index contributed by atoms with van der Waals surface area (Å²) in [7, 11) is 0. The fourth-order valence-corrected chi connectivity index (χ4v) is 5.59. The van der Waals surface area contributed by atoms with Crippen LogP contribution in [0.4, 0.5) is 0 Å². The maximum atomic E-state index is 2.84. The SMILES string of the molecule is CCC(C)N1CCN(C2CCCC(C3CCCC3)CCC2)CC1. The van der Waals surface area contributed by atoms with E-state index in [0.717, 1.165) is 23.9 Å². The molecule has 0 spiro atoms. The molecule has 23 heavy (non-hydrogen) atoms. The molecular formula is C21H40N2. The van der Waals surface area contributed by atoms with Gasteiger partial charge in [0.25, 0.3) is 0 Å². The van der Waals surface area contributed by atoms with E-state index in [9.17, 15) is 0 Å². The highest BCUT2D eigenvalue weighted by atomic mass is 15.3. The third-order valence-corrected chi connectivity index (χ3v) is 7.37. The van der Waals surface area contributed by atoms with Gasteiger partial charge in [0.05, 0.1) is 0 Å². The van der Waals surface area contributed by atoms with Crippen molar-refractivity contribution >= 4 is 0 Å². The predicted molar refractivity (Wildman–Crippen MR) is 99.8 cm³/mol. The Morgan fingerprint density at radius 1 is 0.739 bits per heavy atom. The van der Waals surface area contributed by atoms with E-state index in [1.165, 1.54) is 84.0 Å². The van der Waals surface area contributed by atoms with Crippen LogP contribution < -0.4 is 0 Å². The number of piperazine rings is 1. The van der Waals surface area contributed by atoms with E-state index in [4.69, 9.17) is 0 Å². The minimum Gasteiger partial charge on any atom is -0.298 e. The molecule has 3 rings (SSSR count). The summed E-state index contributed by atoms with van der Waals surface area (Å²) in [5.41, 5.74) is 0. The molecule has 0 aromatic heterocycles. The lowest BCUT2D eigenvalue weighted by Gasteiger charge is -2.42. The van der Waals surface area contributed by atoms with Gasteiger partial charge in [0.1, 0.15) is 0 Å². The minimum absolute atomic E-state index is 0.779. The van der Waals surface area contributed by atoms with Crippen LogP contribution in [-0.4, -0.2) is 48.1 Å². The van der Waals surface area contributed by atoms with Gasteiger partial charge in [0, 0.05) is 38.3 Å². The molecular weight excluding hydrogens is 280 g/mol. The summed E-state index contributed by atoms with van der Waals surface area (Å²) in [6.45, 7) is 9.97. The second kappa shape index (κ2) is 8.85. The van der Waals surface area contributed by atoms with Crippen LogP contribution in [0, 0.1) is 11.8 Å².